The first-order chi connectivity index (χ1) is 16.2. The summed E-state index contributed by atoms with van der Waals surface area (Å²) in [6.07, 6.45) is 0. The van der Waals surface area contributed by atoms with Crippen molar-refractivity contribution in [3.05, 3.63) is 70.0 Å². The third kappa shape index (κ3) is 4.12. The third-order valence-electron chi connectivity index (χ3n) is 5.29. The van der Waals surface area contributed by atoms with Gasteiger partial charge in [0, 0.05) is 11.5 Å². The molecule has 0 spiro atoms. The highest BCUT2D eigenvalue weighted by atomic mass is 32.1. The maximum atomic E-state index is 13.4. The molecule has 0 bridgehead atoms. The predicted molar refractivity (Wildman–Crippen MR) is 124 cm³/mol. The van der Waals surface area contributed by atoms with E-state index in [0.29, 0.717) is 10.6 Å². The number of Topliss-reactive ketones (excluding diaryl/α,β-unsaturated/α-hetero) is 1. The quantitative estimate of drug-likeness (QED) is 0.301. The molecule has 0 aliphatic carbocycles. The van der Waals surface area contributed by atoms with Crippen LogP contribution in [0, 0.1) is 5.82 Å². The second kappa shape index (κ2) is 9.22. The monoisotopic (exact) mass is 483 g/mol. The number of phenols is 1. The van der Waals surface area contributed by atoms with Gasteiger partial charge in [-0.25, -0.2) is 4.39 Å². The number of carbonyl (C=O) groups excluding carboxylic acids is 2. The Kier molecular flexibility index (Phi) is 6.34. The van der Waals surface area contributed by atoms with Crippen molar-refractivity contribution in [2.45, 2.75) is 32.7 Å². The minimum atomic E-state index is -1.07. The van der Waals surface area contributed by atoms with Crippen molar-refractivity contribution in [3.63, 3.8) is 0 Å². The summed E-state index contributed by atoms with van der Waals surface area (Å²) in [7, 11) is 0. The van der Waals surface area contributed by atoms with E-state index < -0.39 is 29.3 Å². The lowest BCUT2D eigenvalue weighted by Gasteiger charge is -2.23. The zero-order chi connectivity index (χ0) is 24.6. The number of halogens is 1. The summed E-state index contributed by atoms with van der Waals surface area (Å²) in [6.45, 7) is 5.89. The SMILES string of the molecule is CCOc1cc([C@@H]2C(=C(O)c3ccc(F)cc3)C(=O)C(=O)N2c2nnc(C(C)C)s2)ccc1O. The van der Waals surface area contributed by atoms with Crippen LogP contribution in [0.5, 0.6) is 11.5 Å². The number of aromatic nitrogens is 2. The van der Waals surface area contributed by atoms with Gasteiger partial charge in [0.05, 0.1) is 18.2 Å². The second-order valence-corrected chi connectivity index (χ2v) is 8.90. The molecule has 8 nitrogen and oxygen atoms in total. The lowest BCUT2D eigenvalue weighted by atomic mass is 9.95. The first-order valence-corrected chi connectivity index (χ1v) is 11.4. The topological polar surface area (TPSA) is 113 Å². The van der Waals surface area contributed by atoms with Gasteiger partial charge >= 0.3 is 5.91 Å². The smallest absolute Gasteiger partial charge is 0.301 e. The number of benzene rings is 2. The Morgan fingerprint density at radius 3 is 2.50 bits per heavy atom. The largest absolute Gasteiger partial charge is 0.507 e. The molecule has 10 heteroatoms. The number of aromatic hydroxyl groups is 1. The maximum Gasteiger partial charge on any atom is 0.301 e. The Morgan fingerprint density at radius 1 is 1.18 bits per heavy atom. The van der Waals surface area contributed by atoms with Gasteiger partial charge in [-0.05, 0) is 48.9 Å². The Bertz CT molecular complexity index is 1290. The molecule has 1 aromatic heterocycles. The molecule has 4 rings (SSSR count). The van der Waals surface area contributed by atoms with Crippen LogP contribution in [0.4, 0.5) is 9.52 Å². The number of amides is 1. The number of phenolic OH excluding ortho intramolecular Hbond substituents is 1. The van der Waals surface area contributed by atoms with Gasteiger partial charge in [-0.2, -0.15) is 0 Å². The standard InChI is InChI=1S/C24H22FN3O5S/c1-4-33-17-11-14(7-10-16(17)29)19-18(20(30)13-5-8-15(25)9-6-13)21(31)23(32)28(19)24-27-26-22(34-24)12(2)3/h5-12,19,29-30H,4H2,1-3H3/t19-/m1/s1. The fourth-order valence-corrected chi connectivity index (χ4v) is 4.51. The van der Waals surface area contributed by atoms with E-state index in [1.54, 1.807) is 6.92 Å². The molecular formula is C24H22FN3O5S. The molecule has 1 atom stereocenters. The molecular weight excluding hydrogens is 461 g/mol. The average Bonchev–Trinajstić information content (AvgIpc) is 3.39. The van der Waals surface area contributed by atoms with Crippen LogP contribution >= 0.6 is 11.3 Å². The predicted octanol–water partition coefficient (Wildman–Crippen LogP) is 4.53. The van der Waals surface area contributed by atoms with Crippen LogP contribution < -0.4 is 9.64 Å². The summed E-state index contributed by atoms with van der Waals surface area (Å²) in [5, 5.41) is 30.3. The van der Waals surface area contributed by atoms with Gasteiger partial charge in [0.15, 0.2) is 11.5 Å². The minimum Gasteiger partial charge on any atom is -0.507 e. The molecule has 0 radical (unpaired) electrons. The maximum absolute atomic E-state index is 13.4. The van der Waals surface area contributed by atoms with E-state index in [4.69, 9.17) is 4.74 Å². The van der Waals surface area contributed by atoms with Crippen LogP contribution in [0.3, 0.4) is 0 Å². The van der Waals surface area contributed by atoms with Crippen molar-refractivity contribution in [1.29, 1.82) is 0 Å². The summed E-state index contributed by atoms with van der Waals surface area (Å²) >= 11 is 1.17. The fraction of sp³-hybridized carbons (Fsp3) is 0.250. The first kappa shape index (κ1) is 23.4. The van der Waals surface area contributed by atoms with Crippen molar-refractivity contribution in [2.24, 2.45) is 0 Å². The lowest BCUT2D eigenvalue weighted by molar-refractivity contribution is -0.132. The average molecular weight is 484 g/mol. The van der Waals surface area contributed by atoms with Crippen molar-refractivity contribution in [2.75, 3.05) is 11.5 Å². The summed E-state index contributed by atoms with van der Waals surface area (Å²) in [5.74, 6) is -2.66. The van der Waals surface area contributed by atoms with Crippen molar-refractivity contribution < 1.29 is 28.9 Å². The summed E-state index contributed by atoms with van der Waals surface area (Å²) < 4.78 is 18.9. The lowest BCUT2D eigenvalue weighted by Crippen LogP contribution is -2.29. The van der Waals surface area contributed by atoms with Crippen LogP contribution in [0.25, 0.3) is 5.76 Å². The number of hydrogen-bond donors (Lipinski definition) is 2. The molecule has 1 aliphatic rings. The number of hydrogen-bond acceptors (Lipinski definition) is 8. The molecule has 0 unspecified atom stereocenters. The molecule has 2 aromatic carbocycles. The molecule has 176 valence electrons. The number of carbonyl (C=O) groups is 2. The van der Waals surface area contributed by atoms with E-state index in [1.807, 2.05) is 13.8 Å². The van der Waals surface area contributed by atoms with Gasteiger partial charge in [0.1, 0.15) is 16.6 Å². The Labute approximate surface area is 198 Å². The van der Waals surface area contributed by atoms with Crippen LogP contribution in [0.1, 0.15) is 48.9 Å². The van der Waals surface area contributed by atoms with Gasteiger partial charge < -0.3 is 14.9 Å². The summed E-state index contributed by atoms with van der Waals surface area (Å²) in [6, 6.07) is 8.28. The molecule has 2 N–H and O–H groups in total. The van der Waals surface area contributed by atoms with E-state index in [2.05, 4.69) is 10.2 Å². The first-order valence-electron chi connectivity index (χ1n) is 10.6. The van der Waals surface area contributed by atoms with Gasteiger partial charge in [-0.15, -0.1) is 10.2 Å². The number of rotatable bonds is 6. The summed E-state index contributed by atoms with van der Waals surface area (Å²) in [4.78, 5) is 27.5. The highest BCUT2D eigenvalue weighted by molar-refractivity contribution is 7.15. The van der Waals surface area contributed by atoms with Crippen molar-refractivity contribution in [1.82, 2.24) is 10.2 Å². The van der Waals surface area contributed by atoms with Crippen LogP contribution in [-0.2, 0) is 9.59 Å². The molecule has 1 amide bonds. The molecule has 2 heterocycles. The van der Waals surface area contributed by atoms with Crippen molar-refractivity contribution >= 4 is 33.9 Å². The molecule has 1 fully saturated rings. The molecule has 34 heavy (non-hydrogen) atoms. The number of nitrogens with zero attached hydrogens (tertiary/aromatic N) is 3. The van der Waals surface area contributed by atoms with Gasteiger partial charge in [0.2, 0.25) is 5.13 Å². The second-order valence-electron chi connectivity index (χ2n) is 7.91. The van der Waals surface area contributed by atoms with E-state index in [1.165, 1.54) is 46.6 Å². The molecule has 0 saturated carbocycles. The number of aliphatic hydroxyl groups excluding tert-OH is 1. The van der Waals surface area contributed by atoms with E-state index in [-0.39, 0.29) is 40.3 Å². The normalized spacial score (nSPS) is 17.6. The molecule has 1 saturated heterocycles. The van der Waals surface area contributed by atoms with E-state index in [0.717, 1.165) is 12.1 Å². The third-order valence-corrected chi connectivity index (χ3v) is 6.51. The highest BCUT2D eigenvalue weighted by Crippen LogP contribution is 2.45. The fourth-order valence-electron chi connectivity index (χ4n) is 3.64. The number of anilines is 1. The van der Waals surface area contributed by atoms with Crippen LogP contribution in [-0.4, -0.2) is 38.7 Å². The van der Waals surface area contributed by atoms with Gasteiger partial charge in [-0.1, -0.05) is 31.3 Å². The Morgan fingerprint density at radius 2 is 1.88 bits per heavy atom. The number of ketones is 1. The van der Waals surface area contributed by atoms with Gasteiger partial charge in [0.25, 0.3) is 5.78 Å². The highest BCUT2D eigenvalue weighted by Gasteiger charge is 2.48. The van der Waals surface area contributed by atoms with E-state index >= 15 is 0 Å². The molecule has 1 aliphatic heterocycles. The Balaban J connectivity index is 1.94. The Hall–Kier alpha value is -3.79. The number of ether oxygens (including phenoxy) is 1. The minimum absolute atomic E-state index is 0.0546. The van der Waals surface area contributed by atoms with Gasteiger partial charge in [-0.3, -0.25) is 14.5 Å². The number of aliphatic hydroxyl groups is 1. The van der Waals surface area contributed by atoms with Crippen molar-refractivity contribution in [3.8, 4) is 11.5 Å². The zero-order valence-electron chi connectivity index (χ0n) is 18.7. The van der Waals surface area contributed by atoms with E-state index in [9.17, 15) is 24.2 Å². The zero-order valence-corrected chi connectivity index (χ0v) is 19.5. The summed E-state index contributed by atoms with van der Waals surface area (Å²) in [5.41, 5.74) is 0.393. The van der Waals surface area contributed by atoms with Crippen LogP contribution in [0.2, 0.25) is 0 Å². The molecule has 3 aromatic rings. The van der Waals surface area contributed by atoms with Crippen LogP contribution in [0.15, 0.2) is 48.0 Å².